The molecule has 0 aliphatic heterocycles. The number of hydrogen-bond donors (Lipinski definition) is 0. The van der Waals surface area contributed by atoms with Gasteiger partial charge in [-0.2, -0.15) is 4.98 Å². The fourth-order valence-electron chi connectivity index (χ4n) is 0.530. The van der Waals surface area contributed by atoms with Crippen molar-refractivity contribution >= 4 is 27.5 Å². The van der Waals surface area contributed by atoms with Gasteiger partial charge in [-0.05, 0) is 22.9 Å². The lowest BCUT2D eigenvalue weighted by Gasteiger charge is -2.00. The van der Waals surface area contributed by atoms with E-state index in [1.165, 1.54) is 0 Å². The summed E-state index contributed by atoms with van der Waals surface area (Å²) in [5.41, 5.74) is 0. The zero-order chi connectivity index (χ0) is 8.27. The summed E-state index contributed by atoms with van der Waals surface area (Å²) in [4.78, 5) is 7.71. The molecule has 0 saturated carbocycles. The minimum Gasteiger partial charge on any atom is -0.464 e. The van der Waals surface area contributed by atoms with Crippen molar-refractivity contribution in [3.05, 3.63) is 15.8 Å². The van der Waals surface area contributed by atoms with Gasteiger partial charge in [-0.25, -0.2) is 4.98 Å². The van der Waals surface area contributed by atoms with Crippen LogP contribution in [-0.2, 0) is 0 Å². The van der Waals surface area contributed by atoms with Crippen LogP contribution < -0.4 is 4.74 Å². The average Bonchev–Trinajstić information content (AvgIpc) is 1.98. The van der Waals surface area contributed by atoms with E-state index in [4.69, 9.17) is 16.3 Å². The van der Waals surface area contributed by atoms with Crippen molar-refractivity contribution in [3.8, 4) is 6.01 Å². The first kappa shape index (κ1) is 8.74. The molecular formula is C6H6BrClN2O. The van der Waals surface area contributed by atoms with Crippen molar-refractivity contribution in [2.45, 2.75) is 6.92 Å². The van der Waals surface area contributed by atoms with E-state index in [-0.39, 0.29) is 0 Å². The van der Waals surface area contributed by atoms with Crippen molar-refractivity contribution in [3.63, 3.8) is 0 Å². The molecule has 0 radical (unpaired) electrons. The molecule has 0 bridgehead atoms. The second-order valence-electron chi connectivity index (χ2n) is 1.72. The van der Waals surface area contributed by atoms with Gasteiger partial charge in [0.2, 0.25) is 0 Å². The summed E-state index contributed by atoms with van der Waals surface area (Å²) in [5.74, 6) is 0. The Bertz CT molecular complexity index is 256. The van der Waals surface area contributed by atoms with Crippen LogP contribution in [0.25, 0.3) is 0 Å². The zero-order valence-corrected chi connectivity index (χ0v) is 8.18. The van der Waals surface area contributed by atoms with E-state index in [0.29, 0.717) is 22.2 Å². The van der Waals surface area contributed by atoms with Crippen LogP contribution in [0.15, 0.2) is 10.7 Å². The van der Waals surface area contributed by atoms with Gasteiger partial charge < -0.3 is 4.74 Å². The van der Waals surface area contributed by atoms with Crippen LogP contribution >= 0.6 is 27.5 Å². The summed E-state index contributed by atoms with van der Waals surface area (Å²) in [6.07, 6.45) is 1.56. The third-order valence-electron chi connectivity index (χ3n) is 0.953. The molecule has 0 saturated heterocycles. The number of nitrogens with zero attached hydrogens (tertiary/aromatic N) is 2. The van der Waals surface area contributed by atoms with E-state index in [2.05, 4.69) is 25.9 Å². The van der Waals surface area contributed by atoms with Gasteiger partial charge in [0.25, 0.3) is 0 Å². The highest BCUT2D eigenvalue weighted by molar-refractivity contribution is 9.10. The Morgan fingerprint density at radius 2 is 2.45 bits per heavy atom. The quantitative estimate of drug-likeness (QED) is 0.740. The molecule has 1 rings (SSSR count). The lowest BCUT2D eigenvalue weighted by atomic mass is 10.7. The third-order valence-corrected chi connectivity index (χ3v) is 2.05. The van der Waals surface area contributed by atoms with Crippen LogP contribution in [-0.4, -0.2) is 16.6 Å². The Labute approximate surface area is 77.9 Å². The van der Waals surface area contributed by atoms with Crippen molar-refractivity contribution in [2.75, 3.05) is 6.61 Å². The molecule has 1 heterocycles. The van der Waals surface area contributed by atoms with Crippen LogP contribution in [0.5, 0.6) is 6.01 Å². The maximum atomic E-state index is 5.67. The first-order valence-corrected chi connectivity index (χ1v) is 4.22. The summed E-state index contributed by atoms with van der Waals surface area (Å²) in [6, 6.07) is 0.306. The molecule has 0 fully saturated rings. The Morgan fingerprint density at radius 3 is 3.00 bits per heavy atom. The molecule has 1 aromatic rings. The predicted molar refractivity (Wildman–Crippen MR) is 45.9 cm³/mol. The predicted octanol–water partition coefficient (Wildman–Crippen LogP) is 2.29. The number of hydrogen-bond acceptors (Lipinski definition) is 3. The van der Waals surface area contributed by atoms with Crippen LogP contribution in [0, 0.1) is 0 Å². The minimum atomic E-state index is 0.306. The standard InChI is InChI=1S/C6H6BrClN2O/c1-2-11-6-9-3-4(7)5(8)10-6/h3H,2H2,1H3. The number of rotatable bonds is 2. The summed E-state index contributed by atoms with van der Waals surface area (Å²) < 4.78 is 5.68. The van der Waals surface area contributed by atoms with E-state index < -0.39 is 0 Å². The molecular weight excluding hydrogens is 231 g/mol. The molecule has 0 unspecified atom stereocenters. The Morgan fingerprint density at radius 1 is 1.73 bits per heavy atom. The Balaban J connectivity index is 2.86. The molecule has 0 atom stereocenters. The van der Waals surface area contributed by atoms with Crippen molar-refractivity contribution < 1.29 is 4.74 Å². The van der Waals surface area contributed by atoms with E-state index in [9.17, 15) is 0 Å². The minimum absolute atomic E-state index is 0.306. The van der Waals surface area contributed by atoms with Crippen LogP contribution in [0.3, 0.4) is 0 Å². The van der Waals surface area contributed by atoms with E-state index in [1.54, 1.807) is 6.20 Å². The summed E-state index contributed by atoms with van der Waals surface area (Å²) >= 11 is 8.84. The molecule has 1 aromatic heterocycles. The SMILES string of the molecule is CCOc1ncc(Br)c(Cl)n1. The summed E-state index contributed by atoms with van der Waals surface area (Å²) in [6.45, 7) is 2.40. The molecule has 3 nitrogen and oxygen atoms in total. The van der Waals surface area contributed by atoms with Gasteiger partial charge >= 0.3 is 6.01 Å². The van der Waals surface area contributed by atoms with Gasteiger partial charge in [0, 0.05) is 6.20 Å². The highest BCUT2D eigenvalue weighted by atomic mass is 79.9. The van der Waals surface area contributed by atoms with Gasteiger partial charge in [0.1, 0.15) is 0 Å². The highest BCUT2D eigenvalue weighted by Crippen LogP contribution is 2.20. The van der Waals surface area contributed by atoms with Crippen molar-refractivity contribution in [2.24, 2.45) is 0 Å². The fraction of sp³-hybridized carbons (Fsp3) is 0.333. The topological polar surface area (TPSA) is 35.0 Å². The first-order chi connectivity index (χ1) is 5.24. The number of aromatic nitrogens is 2. The second-order valence-corrected chi connectivity index (χ2v) is 2.94. The lowest BCUT2D eigenvalue weighted by Crippen LogP contribution is -1.97. The molecule has 0 aliphatic rings. The maximum absolute atomic E-state index is 5.67. The number of ether oxygens (including phenoxy) is 1. The van der Waals surface area contributed by atoms with E-state index >= 15 is 0 Å². The van der Waals surface area contributed by atoms with E-state index in [0.717, 1.165) is 0 Å². The van der Waals surface area contributed by atoms with Gasteiger partial charge in [-0.3, -0.25) is 0 Å². The second kappa shape index (κ2) is 3.88. The lowest BCUT2D eigenvalue weighted by molar-refractivity contribution is 0.312. The summed E-state index contributed by atoms with van der Waals surface area (Å²) in [7, 11) is 0. The molecule has 0 aromatic carbocycles. The molecule has 0 N–H and O–H groups in total. The summed E-state index contributed by atoms with van der Waals surface area (Å²) in [5, 5.41) is 0.364. The fourth-order valence-corrected chi connectivity index (χ4v) is 0.842. The molecule has 0 spiro atoms. The smallest absolute Gasteiger partial charge is 0.317 e. The normalized spacial score (nSPS) is 9.73. The maximum Gasteiger partial charge on any atom is 0.317 e. The van der Waals surface area contributed by atoms with Gasteiger partial charge in [-0.15, -0.1) is 0 Å². The highest BCUT2D eigenvalue weighted by Gasteiger charge is 2.01. The third kappa shape index (κ3) is 2.31. The van der Waals surface area contributed by atoms with Crippen LogP contribution in [0.4, 0.5) is 0 Å². The van der Waals surface area contributed by atoms with Crippen LogP contribution in [0.2, 0.25) is 5.15 Å². The monoisotopic (exact) mass is 236 g/mol. The van der Waals surface area contributed by atoms with Gasteiger partial charge in [0.15, 0.2) is 5.15 Å². The first-order valence-electron chi connectivity index (χ1n) is 3.05. The van der Waals surface area contributed by atoms with Crippen molar-refractivity contribution in [1.82, 2.24) is 9.97 Å². The molecule has 0 amide bonds. The van der Waals surface area contributed by atoms with Gasteiger partial charge in [0.05, 0.1) is 11.1 Å². The van der Waals surface area contributed by atoms with Crippen LogP contribution in [0.1, 0.15) is 6.92 Å². The Hall–Kier alpha value is -0.350. The largest absolute Gasteiger partial charge is 0.464 e. The zero-order valence-electron chi connectivity index (χ0n) is 5.84. The average molecular weight is 237 g/mol. The molecule has 11 heavy (non-hydrogen) atoms. The molecule has 60 valence electrons. The molecule has 0 aliphatic carbocycles. The molecule has 5 heteroatoms. The van der Waals surface area contributed by atoms with Crippen molar-refractivity contribution in [1.29, 1.82) is 0 Å². The van der Waals surface area contributed by atoms with E-state index in [1.807, 2.05) is 6.92 Å². The Kier molecular flexibility index (Phi) is 3.08. The number of halogens is 2. The van der Waals surface area contributed by atoms with Gasteiger partial charge in [-0.1, -0.05) is 11.6 Å².